The molecule has 31 heavy (non-hydrogen) atoms. The van der Waals surface area contributed by atoms with Crippen LogP contribution in [0.4, 0.5) is 0 Å². The van der Waals surface area contributed by atoms with E-state index in [1.807, 2.05) is 13.8 Å². The van der Waals surface area contributed by atoms with Gasteiger partial charge < -0.3 is 20.3 Å². The van der Waals surface area contributed by atoms with Crippen molar-refractivity contribution >= 4 is 17.8 Å². The summed E-state index contributed by atoms with van der Waals surface area (Å²) in [6, 6.07) is -0.544. The van der Waals surface area contributed by atoms with Gasteiger partial charge in [-0.25, -0.2) is 4.79 Å². The van der Waals surface area contributed by atoms with Crippen molar-refractivity contribution in [2.24, 2.45) is 5.92 Å². The molecule has 1 atom stereocenters. The lowest BCUT2D eigenvalue weighted by Gasteiger charge is -2.35. The van der Waals surface area contributed by atoms with Crippen LogP contribution in [0.15, 0.2) is 11.6 Å². The molecule has 178 valence electrons. The van der Waals surface area contributed by atoms with Crippen LogP contribution in [0.25, 0.3) is 0 Å². The molecule has 1 aliphatic carbocycles. The Labute approximate surface area is 188 Å². The van der Waals surface area contributed by atoms with E-state index in [2.05, 4.69) is 17.6 Å². The van der Waals surface area contributed by atoms with Gasteiger partial charge in [0, 0.05) is 19.2 Å². The molecule has 1 rings (SSSR count). The van der Waals surface area contributed by atoms with Crippen molar-refractivity contribution in [1.82, 2.24) is 15.5 Å². The van der Waals surface area contributed by atoms with Crippen molar-refractivity contribution in [3.63, 3.8) is 0 Å². The van der Waals surface area contributed by atoms with Crippen LogP contribution in [0.5, 0.6) is 0 Å². The summed E-state index contributed by atoms with van der Waals surface area (Å²) in [5.41, 5.74) is -0.186. The Morgan fingerprint density at radius 1 is 1.13 bits per heavy atom. The van der Waals surface area contributed by atoms with E-state index in [0.717, 1.165) is 38.6 Å². The third kappa shape index (κ3) is 7.63. The number of nitrogens with zero attached hydrogens (tertiary/aromatic N) is 1. The predicted molar refractivity (Wildman–Crippen MR) is 124 cm³/mol. The zero-order valence-corrected chi connectivity index (χ0v) is 20.4. The maximum atomic E-state index is 13.3. The van der Waals surface area contributed by atoms with Crippen LogP contribution < -0.4 is 10.6 Å². The Hall–Kier alpha value is -1.89. The number of amides is 2. The van der Waals surface area contributed by atoms with Crippen molar-refractivity contribution in [3.05, 3.63) is 11.6 Å². The van der Waals surface area contributed by atoms with E-state index in [0.29, 0.717) is 31.6 Å². The number of hydrogen-bond acceptors (Lipinski definition) is 5. The largest absolute Gasteiger partial charge is 0.463 e. The summed E-state index contributed by atoms with van der Waals surface area (Å²) in [5.74, 6) is -0.430. The second kappa shape index (κ2) is 13.5. The second-order valence-corrected chi connectivity index (χ2v) is 8.54. The minimum absolute atomic E-state index is 0.0946. The molecule has 2 N–H and O–H groups in total. The lowest BCUT2D eigenvalue weighted by Crippen LogP contribution is -2.61. The van der Waals surface area contributed by atoms with Gasteiger partial charge in [-0.15, -0.1) is 0 Å². The summed E-state index contributed by atoms with van der Waals surface area (Å²) in [4.78, 5) is 40.1. The average Bonchev–Trinajstić information content (AvgIpc) is 3.30. The number of carbonyl (C=O) groups is 3. The molecular formula is C24H43N3O4. The summed E-state index contributed by atoms with van der Waals surface area (Å²) in [5, 5.41) is 6.53. The summed E-state index contributed by atoms with van der Waals surface area (Å²) >= 11 is 0. The number of nitrogens with one attached hydrogen (secondary N) is 2. The molecule has 1 fully saturated rings. The van der Waals surface area contributed by atoms with Gasteiger partial charge in [0.15, 0.2) is 0 Å². The summed E-state index contributed by atoms with van der Waals surface area (Å²) in [6.07, 6.45) is 8.01. The second-order valence-electron chi connectivity index (χ2n) is 8.54. The first-order valence-electron chi connectivity index (χ1n) is 11.9. The average molecular weight is 438 g/mol. The van der Waals surface area contributed by atoms with Gasteiger partial charge in [0.25, 0.3) is 0 Å². The van der Waals surface area contributed by atoms with Crippen LogP contribution in [0, 0.1) is 5.92 Å². The Bertz CT molecular complexity index is 622. The van der Waals surface area contributed by atoms with Gasteiger partial charge in [0.1, 0.15) is 6.04 Å². The molecule has 0 saturated heterocycles. The monoisotopic (exact) mass is 437 g/mol. The van der Waals surface area contributed by atoms with Crippen LogP contribution >= 0.6 is 0 Å². The van der Waals surface area contributed by atoms with Gasteiger partial charge in [0.05, 0.1) is 12.1 Å². The van der Waals surface area contributed by atoms with Crippen LogP contribution in [-0.2, 0) is 19.1 Å². The highest BCUT2D eigenvalue weighted by atomic mass is 16.5. The van der Waals surface area contributed by atoms with E-state index in [9.17, 15) is 14.4 Å². The third-order valence-corrected chi connectivity index (χ3v) is 6.42. The van der Waals surface area contributed by atoms with E-state index < -0.39 is 11.6 Å². The number of rotatable bonds is 13. The van der Waals surface area contributed by atoms with Crippen LogP contribution in [-0.4, -0.2) is 61.0 Å². The molecule has 1 saturated carbocycles. The van der Waals surface area contributed by atoms with Gasteiger partial charge in [0.2, 0.25) is 11.8 Å². The Morgan fingerprint density at radius 3 is 2.26 bits per heavy atom. The summed E-state index contributed by atoms with van der Waals surface area (Å²) in [6.45, 7) is 10.9. The zero-order chi connectivity index (χ0) is 23.4. The van der Waals surface area contributed by atoms with Gasteiger partial charge in [-0.1, -0.05) is 39.7 Å². The van der Waals surface area contributed by atoms with Crippen molar-refractivity contribution < 1.29 is 19.1 Å². The molecule has 0 bridgehead atoms. The molecule has 0 radical (unpaired) electrons. The van der Waals surface area contributed by atoms with Crippen molar-refractivity contribution in [1.29, 1.82) is 0 Å². The molecule has 0 spiro atoms. The summed E-state index contributed by atoms with van der Waals surface area (Å²) < 4.78 is 5.00. The van der Waals surface area contributed by atoms with Gasteiger partial charge in [-0.2, -0.15) is 0 Å². The lowest BCUT2D eigenvalue weighted by molar-refractivity contribution is -0.139. The molecule has 7 heteroatoms. The molecular weight excluding hydrogens is 394 g/mol. The Balaban J connectivity index is 2.97. The number of hydrogen-bond donors (Lipinski definition) is 2. The normalized spacial score (nSPS) is 16.1. The van der Waals surface area contributed by atoms with E-state index in [4.69, 9.17) is 4.74 Å². The molecule has 1 unspecified atom stereocenters. The highest BCUT2D eigenvalue weighted by molar-refractivity contribution is 5.92. The number of ether oxygens (including phenoxy) is 1. The SMILES string of the molecule is CCCNC(CC)(CC)C(=O)NC(C(=O)N(C)C/C=C(\C)C(=O)OCC)C1CCCC1. The van der Waals surface area contributed by atoms with Crippen molar-refractivity contribution in [2.75, 3.05) is 26.7 Å². The first kappa shape index (κ1) is 27.1. The fourth-order valence-corrected chi connectivity index (χ4v) is 4.15. The standard InChI is InChI=1S/C24H43N3O4/c1-7-16-25-24(8-2,9-3)23(30)26-20(19-13-11-12-14-19)21(28)27(6)17-15-18(5)22(29)31-10-4/h15,19-20,25H,7-14,16-17H2,1-6H3,(H,26,30)/b18-15+. The third-order valence-electron chi connectivity index (χ3n) is 6.42. The molecule has 0 aromatic heterocycles. The van der Waals surface area contributed by atoms with Crippen LogP contribution in [0.3, 0.4) is 0 Å². The predicted octanol–water partition coefficient (Wildman–Crippen LogP) is 3.19. The van der Waals surface area contributed by atoms with Crippen LogP contribution in [0.1, 0.15) is 79.6 Å². The van der Waals surface area contributed by atoms with Crippen LogP contribution in [0.2, 0.25) is 0 Å². The van der Waals surface area contributed by atoms with E-state index in [1.54, 1.807) is 31.9 Å². The number of esters is 1. The van der Waals surface area contributed by atoms with Crippen molar-refractivity contribution in [2.45, 2.75) is 91.1 Å². The zero-order valence-electron chi connectivity index (χ0n) is 20.4. The van der Waals surface area contributed by atoms with Gasteiger partial charge in [-0.3, -0.25) is 9.59 Å². The minimum atomic E-state index is -0.661. The molecule has 7 nitrogen and oxygen atoms in total. The van der Waals surface area contributed by atoms with Crippen molar-refractivity contribution in [3.8, 4) is 0 Å². The van der Waals surface area contributed by atoms with E-state index >= 15 is 0 Å². The first-order chi connectivity index (χ1) is 14.8. The minimum Gasteiger partial charge on any atom is -0.463 e. The summed E-state index contributed by atoms with van der Waals surface area (Å²) in [7, 11) is 1.72. The molecule has 2 amide bonds. The molecule has 0 aromatic carbocycles. The molecule has 0 aliphatic heterocycles. The topological polar surface area (TPSA) is 87.7 Å². The lowest BCUT2D eigenvalue weighted by atomic mass is 9.89. The number of likely N-dealkylation sites (N-methyl/N-ethyl adjacent to an activating group) is 1. The Morgan fingerprint density at radius 2 is 1.74 bits per heavy atom. The fourth-order valence-electron chi connectivity index (χ4n) is 4.15. The van der Waals surface area contributed by atoms with Gasteiger partial charge in [-0.05, 0) is 58.4 Å². The first-order valence-corrected chi connectivity index (χ1v) is 11.9. The number of carbonyl (C=O) groups excluding carboxylic acids is 3. The quantitative estimate of drug-likeness (QED) is 0.341. The maximum Gasteiger partial charge on any atom is 0.333 e. The highest BCUT2D eigenvalue weighted by Gasteiger charge is 2.40. The Kier molecular flexibility index (Phi) is 11.8. The molecule has 0 aromatic rings. The van der Waals surface area contributed by atoms with E-state index in [-0.39, 0.29) is 23.7 Å². The molecule has 1 aliphatic rings. The highest BCUT2D eigenvalue weighted by Crippen LogP contribution is 2.29. The van der Waals surface area contributed by atoms with Gasteiger partial charge >= 0.3 is 5.97 Å². The van der Waals surface area contributed by atoms with E-state index in [1.165, 1.54) is 0 Å². The molecule has 0 heterocycles. The smallest absolute Gasteiger partial charge is 0.333 e. The maximum absolute atomic E-state index is 13.3. The fraction of sp³-hybridized carbons (Fsp3) is 0.792.